The molecule has 3 rings (SSSR count). The molecule has 0 radical (unpaired) electrons. The van der Waals surface area contributed by atoms with Crippen LogP contribution in [0.5, 0.6) is 5.75 Å². The summed E-state index contributed by atoms with van der Waals surface area (Å²) in [6.07, 6.45) is 5.26. The molecule has 2 aromatic carbocycles. The lowest BCUT2D eigenvalue weighted by Gasteiger charge is -2.11. The Balaban J connectivity index is 1.51. The van der Waals surface area contributed by atoms with Gasteiger partial charge in [0.1, 0.15) is 5.75 Å². The molecule has 0 aliphatic heterocycles. The van der Waals surface area contributed by atoms with Crippen LogP contribution in [0.4, 0.5) is 11.4 Å². The summed E-state index contributed by atoms with van der Waals surface area (Å²) < 4.78 is 5.65. The summed E-state index contributed by atoms with van der Waals surface area (Å²) in [4.78, 5) is 16.6. The second kappa shape index (κ2) is 10.3. The molecule has 5 heteroatoms. The van der Waals surface area contributed by atoms with Gasteiger partial charge in [0.05, 0.1) is 23.6 Å². The van der Waals surface area contributed by atoms with Crippen LogP contribution in [0.15, 0.2) is 73.1 Å². The molecule has 0 unspecified atom stereocenters. The van der Waals surface area contributed by atoms with Crippen molar-refractivity contribution in [2.45, 2.75) is 32.8 Å². The van der Waals surface area contributed by atoms with Gasteiger partial charge in [-0.25, -0.2) is 0 Å². The summed E-state index contributed by atoms with van der Waals surface area (Å²) in [7, 11) is 0. The van der Waals surface area contributed by atoms with E-state index >= 15 is 0 Å². The molecule has 3 aromatic rings. The minimum absolute atomic E-state index is 0.116. The number of anilines is 2. The lowest BCUT2D eigenvalue weighted by Crippen LogP contribution is -2.25. The molecule has 0 spiro atoms. The van der Waals surface area contributed by atoms with Gasteiger partial charge < -0.3 is 15.4 Å². The van der Waals surface area contributed by atoms with E-state index in [-0.39, 0.29) is 12.0 Å². The van der Waals surface area contributed by atoms with Crippen LogP contribution in [-0.2, 0) is 6.42 Å². The highest BCUT2D eigenvalue weighted by Crippen LogP contribution is 2.21. The Morgan fingerprint density at radius 2 is 1.76 bits per heavy atom. The molecule has 0 saturated carbocycles. The fourth-order valence-electron chi connectivity index (χ4n) is 2.93. The maximum atomic E-state index is 12.4. The smallest absolute Gasteiger partial charge is 0.252 e. The highest BCUT2D eigenvalue weighted by Gasteiger charge is 2.07. The maximum Gasteiger partial charge on any atom is 0.252 e. The maximum absolute atomic E-state index is 12.4. The van der Waals surface area contributed by atoms with E-state index < -0.39 is 0 Å². The lowest BCUT2D eigenvalue weighted by molar-refractivity contribution is 0.0953. The summed E-state index contributed by atoms with van der Waals surface area (Å²) in [6, 6.07) is 19.8. The first-order valence-corrected chi connectivity index (χ1v) is 9.91. The second-order valence-corrected chi connectivity index (χ2v) is 7.12. The van der Waals surface area contributed by atoms with E-state index in [9.17, 15) is 4.79 Å². The molecule has 0 saturated heterocycles. The monoisotopic (exact) mass is 389 g/mol. The van der Waals surface area contributed by atoms with Crippen molar-refractivity contribution in [1.82, 2.24) is 10.3 Å². The average molecular weight is 389 g/mol. The number of carbonyl (C=O) groups excluding carboxylic acids is 1. The number of ether oxygens (including phenoxy) is 1. The van der Waals surface area contributed by atoms with Gasteiger partial charge in [0.15, 0.2) is 0 Å². The Kier molecular flexibility index (Phi) is 7.22. The van der Waals surface area contributed by atoms with Crippen molar-refractivity contribution in [3.8, 4) is 5.75 Å². The lowest BCUT2D eigenvalue weighted by atomic mass is 10.1. The predicted molar refractivity (Wildman–Crippen MR) is 117 cm³/mol. The van der Waals surface area contributed by atoms with E-state index in [0.717, 1.165) is 30.0 Å². The molecule has 1 amide bonds. The first kappa shape index (κ1) is 20.4. The summed E-state index contributed by atoms with van der Waals surface area (Å²) in [5.41, 5.74) is 3.48. The quantitative estimate of drug-likeness (QED) is 0.507. The van der Waals surface area contributed by atoms with Crippen LogP contribution in [-0.4, -0.2) is 23.5 Å². The number of aryl methyl sites for hydroxylation is 1. The topological polar surface area (TPSA) is 63.2 Å². The molecule has 150 valence electrons. The van der Waals surface area contributed by atoms with Crippen LogP contribution in [0.3, 0.4) is 0 Å². The number of benzene rings is 2. The number of carbonyl (C=O) groups is 1. The third kappa shape index (κ3) is 6.64. The molecule has 5 nitrogen and oxygen atoms in total. The van der Waals surface area contributed by atoms with Gasteiger partial charge in [-0.3, -0.25) is 9.78 Å². The Bertz CT molecular complexity index is 909. The van der Waals surface area contributed by atoms with Crippen molar-refractivity contribution in [2.75, 3.05) is 11.9 Å². The molecule has 0 aliphatic carbocycles. The van der Waals surface area contributed by atoms with Gasteiger partial charge in [-0.1, -0.05) is 30.3 Å². The molecule has 1 heterocycles. The van der Waals surface area contributed by atoms with Crippen LogP contribution in [0.2, 0.25) is 0 Å². The van der Waals surface area contributed by atoms with E-state index in [1.807, 2.05) is 56.3 Å². The number of aromatic nitrogens is 1. The van der Waals surface area contributed by atoms with Crippen LogP contribution >= 0.6 is 0 Å². The number of rotatable bonds is 9. The number of nitrogens with one attached hydrogen (secondary N) is 2. The largest absolute Gasteiger partial charge is 0.491 e. The zero-order valence-corrected chi connectivity index (χ0v) is 16.9. The Labute approximate surface area is 172 Å². The molecule has 2 N–H and O–H groups in total. The first-order valence-electron chi connectivity index (χ1n) is 9.91. The molecular formula is C24H27N3O2. The minimum atomic E-state index is -0.116. The summed E-state index contributed by atoms with van der Waals surface area (Å²) in [5.74, 6) is 0.710. The van der Waals surface area contributed by atoms with Crippen LogP contribution < -0.4 is 15.4 Å². The number of amides is 1. The van der Waals surface area contributed by atoms with Crippen molar-refractivity contribution in [2.24, 2.45) is 0 Å². The van der Waals surface area contributed by atoms with Gasteiger partial charge in [0, 0.05) is 18.4 Å². The third-order valence-corrected chi connectivity index (χ3v) is 4.29. The van der Waals surface area contributed by atoms with Gasteiger partial charge in [-0.05, 0) is 62.6 Å². The van der Waals surface area contributed by atoms with Crippen molar-refractivity contribution in [3.05, 3.63) is 84.2 Å². The van der Waals surface area contributed by atoms with Gasteiger partial charge in [-0.2, -0.15) is 0 Å². The standard InChI is InChI=1S/C24H27N3O2/c1-18(2)29-23-12-10-21(11-13-23)27-22-15-20(16-25-17-22)24(28)26-14-6-9-19-7-4-3-5-8-19/h3-5,7-8,10-13,15-18,27H,6,9,14H2,1-2H3,(H,26,28). The molecule has 0 bridgehead atoms. The SMILES string of the molecule is CC(C)Oc1ccc(Nc2cncc(C(=O)NCCCc3ccccc3)c2)cc1. The fourth-order valence-corrected chi connectivity index (χ4v) is 2.93. The number of hydrogen-bond donors (Lipinski definition) is 2. The zero-order chi connectivity index (χ0) is 20.5. The molecular weight excluding hydrogens is 362 g/mol. The Morgan fingerprint density at radius 1 is 1.00 bits per heavy atom. The van der Waals surface area contributed by atoms with Crippen molar-refractivity contribution >= 4 is 17.3 Å². The Hall–Kier alpha value is -3.34. The minimum Gasteiger partial charge on any atom is -0.491 e. The van der Waals surface area contributed by atoms with Crippen LogP contribution in [0.1, 0.15) is 36.2 Å². The Morgan fingerprint density at radius 3 is 2.48 bits per heavy atom. The normalized spacial score (nSPS) is 10.6. The number of nitrogens with zero attached hydrogens (tertiary/aromatic N) is 1. The van der Waals surface area contributed by atoms with Crippen LogP contribution in [0.25, 0.3) is 0 Å². The van der Waals surface area contributed by atoms with Crippen LogP contribution in [0, 0.1) is 0 Å². The van der Waals surface area contributed by atoms with E-state index in [0.29, 0.717) is 12.1 Å². The number of hydrogen-bond acceptors (Lipinski definition) is 4. The highest BCUT2D eigenvalue weighted by molar-refractivity contribution is 5.94. The van der Waals surface area contributed by atoms with E-state index in [1.165, 1.54) is 5.56 Å². The summed E-state index contributed by atoms with van der Waals surface area (Å²) in [6.45, 7) is 4.62. The summed E-state index contributed by atoms with van der Waals surface area (Å²) >= 11 is 0. The summed E-state index contributed by atoms with van der Waals surface area (Å²) in [5, 5.41) is 6.23. The van der Waals surface area contributed by atoms with Crippen molar-refractivity contribution in [1.29, 1.82) is 0 Å². The van der Waals surface area contributed by atoms with Gasteiger partial charge >= 0.3 is 0 Å². The molecule has 0 fully saturated rings. The highest BCUT2D eigenvalue weighted by atomic mass is 16.5. The molecule has 29 heavy (non-hydrogen) atoms. The second-order valence-electron chi connectivity index (χ2n) is 7.12. The third-order valence-electron chi connectivity index (χ3n) is 4.29. The predicted octanol–water partition coefficient (Wildman–Crippen LogP) is 4.98. The molecule has 0 aliphatic rings. The number of pyridine rings is 1. The molecule has 1 aromatic heterocycles. The van der Waals surface area contributed by atoms with Crippen molar-refractivity contribution < 1.29 is 9.53 Å². The fraction of sp³-hybridized carbons (Fsp3) is 0.250. The van der Waals surface area contributed by atoms with Gasteiger partial charge in [0.2, 0.25) is 0 Å². The van der Waals surface area contributed by atoms with E-state index in [1.54, 1.807) is 18.5 Å². The molecule has 0 atom stereocenters. The van der Waals surface area contributed by atoms with Gasteiger partial charge in [0.25, 0.3) is 5.91 Å². The first-order chi connectivity index (χ1) is 14.1. The average Bonchev–Trinajstić information content (AvgIpc) is 2.73. The van der Waals surface area contributed by atoms with Gasteiger partial charge in [-0.15, -0.1) is 0 Å². The zero-order valence-electron chi connectivity index (χ0n) is 16.9. The van der Waals surface area contributed by atoms with E-state index in [4.69, 9.17) is 4.74 Å². The van der Waals surface area contributed by atoms with Crippen molar-refractivity contribution in [3.63, 3.8) is 0 Å². The van der Waals surface area contributed by atoms with E-state index in [2.05, 4.69) is 27.8 Å².